The molecule has 0 N–H and O–H groups in total. The summed E-state index contributed by atoms with van der Waals surface area (Å²) in [6.45, 7) is 13.3. The fraction of sp³-hybridized carbons (Fsp3) is 0.0930. The van der Waals surface area contributed by atoms with Gasteiger partial charge in [-0.1, -0.05) is 158 Å². The lowest BCUT2D eigenvalue weighted by molar-refractivity contribution is 0.456. The molecule has 0 radical (unpaired) electrons. The van der Waals surface area contributed by atoms with E-state index in [0.717, 1.165) is 158 Å². The largest absolute Gasteiger partial charge is 0.458 e. The summed E-state index contributed by atoms with van der Waals surface area (Å²) < 4.78 is 29.5. The van der Waals surface area contributed by atoms with Crippen molar-refractivity contribution in [2.24, 2.45) is 0 Å². The quantitative estimate of drug-likeness (QED) is 0.132. The number of anilines is 13. The van der Waals surface area contributed by atoms with Crippen LogP contribution in [0.1, 0.15) is 41.5 Å². The van der Waals surface area contributed by atoms with Crippen molar-refractivity contribution in [3.05, 3.63) is 291 Å². The van der Waals surface area contributed by atoms with Crippen molar-refractivity contribution in [3.8, 4) is 46.0 Å². The molecule has 0 aliphatic carbocycles. The zero-order valence-electron chi connectivity index (χ0n) is 55.3. The van der Waals surface area contributed by atoms with Crippen LogP contribution >= 0.6 is 0 Å². The number of hydrogen-bond donors (Lipinski definition) is 0. The molecule has 19 rings (SSSR count). The normalized spacial score (nSPS) is 13.6. The van der Waals surface area contributed by atoms with Crippen LogP contribution in [0, 0.1) is 0 Å². The van der Waals surface area contributed by atoms with Gasteiger partial charge in [0.05, 0.1) is 17.1 Å². The topological polar surface area (TPSA) is 53.1 Å². The summed E-state index contributed by atoms with van der Waals surface area (Å²) in [5, 5.41) is 0. The van der Waals surface area contributed by atoms with E-state index >= 15 is 0 Å². The number of para-hydroxylation sites is 8. The van der Waals surface area contributed by atoms with E-state index in [9.17, 15) is 0 Å². The third kappa shape index (κ3) is 9.03. The van der Waals surface area contributed by atoms with E-state index in [2.05, 4.69) is 357 Å². The van der Waals surface area contributed by atoms with Crippen molar-refractivity contribution >= 4 is 143 Å². The molecule has 13 aromatic rings. The molecule has 0 fully saturated rings. The monoisotopic (exact) mass is 1270 g/mol. The van der Waals surface area contributed by atoms with Gasteiger partial charge in [0.1, 0.15) is 46.0 Å². The van der Waals surface area contributed by atoms with Gasteiger partial charge >= 0.3 is 0 Å². The summed E-state index contributed by atoms with van der Waals surface area (Å²) in [6, 6.07) is 104. The first-order valence-corrected chi connectivity index (χ1v) is 34.0. The Hall–Kier alpha value is -11.7. The number of fused-ring (bicyclic) bond motifs is 12. The molecule has 6 aliphatic heterocycles. The Balaban J connectivity index is 0.866. The molecule has 12 heteroatoms. The standard InChI is InChI=1S/C86H66B3N5O4/c1-85(2,3)93-70-53-71-67(51-66(70)87-64-41-25-27-43-74(64)95-78-47-61(45-72(93)82(78)87)90(55-29-13-7-14-30-55)56-31-15-8-16-32-56)89-69-52-68-76(54-77(69)97-79-48-62(46-73(83(79)89)94(71)86(4,5)6)91(57-33-17-9-18-34-57)58-35-19-10-20-36-58)98-81-50-63(49-80-84(81)88(68)65-42-26-28-44-75(65)96-80)92(59-37-21-11-22-38-59)60-39-23-12-24-40-60/h7-54H,1-6H3. The van der Waals surface area contributed by atoms with Gasteiger partial charge in [0.15, 0.2) is 0 Å². The van der Waals surface area contributed by atoms with Gasteiger partial charge < -0.3 is 43.4 Å². The predicted molar refractivity (Wildman–Crippen MR) is 407 cm³/mol. The lowest BCUT2D eigenvalue weighted by Crippen LogP contribution is -2.66. The number of ether oxygens (including phenoxy) is 4. The highest BCUT2D eigenvalue weighted by atomic mass is 16.5. The second-order valence-corrected chi connectivity index (χ2v) is 28.3. The Bertz CT molecular complexity index is 5250. The van der Waals surface area contributed by atoms with E-state index < -0.39 is 11.1 Å². The molecule has 13 aromatic carbocycles. The van der Waals surface area contributed by atoms with E-state index in [0.29, 0.717) is 0 Å². The zero-order chi connectivity index (χ0) is 65.7. The van der Waals surface area contributed by atoms with E-state index in [-0.39, 0.29) is 20.1 Å². The minimum absolute atomic E-state index is 0.189. The Labute approximate surface area is 573 Å². The maximum absolute atomic E-state index is 7.70. The number of nitrogens with zero attached hydrogens (tertiary/aromatic N) is 5. The molecular weight excluding hydrogens is 1200 g/mol. The summed E-state index contributed by atoms with van der Waals surface area (Å²) in [4.78, 5) is 12.2. The molecular formula is C86H66B3N5O4. The van der Waals surface area contributed by atoms with Gasteiger partial charge in [0.2, 0.25) is 0 Å². The zero-order valence-corrected chi connectivity index (χ0v) is 55.3. The first-order chi connectivity index (χ1) is 47.9. The molecule has 9 nitrogen and oxygen atoms in total. The first-order valence-electron chi connectivity index (χ1n) is 34.0. The highest BCUT2D eigenvalue weighted by Gasteiger charge is 2.51. The Morgan fingerprint density at radius 1 is 0.224 bits per heavy atom. The van der Waals surface area contributed by atoms with Crippen molar-refractivity contribution in [2.45, 2.75) is 52.6 Å². The van der Waals surface area contributed by atoms with Crippen LogP contribution in [-0.2, 0) is 0 Å². The molecule has 98 heavy (non-hydrogen) atoms. The smallest absolute Gasteiger partial charge is 0.260 e. The van der Waals surface area contributed by atoms with Gasteiger partial charge in [-0.15, -0.1) is 0 Å². The van der Waals surface area contributed by atoms with Crippen molar-refractivity contribution in [1.29, 1.82) is 0 Å². The van der Waals surface area contributed by atoms with Gasteiger partial charge in [-0.25, -0.2) is 0 Å². The fourth-order valence-electron chi connectivity index (χ4n) is 16.5. The van der Waals surface area contributed by atoms with Crippen molar-refractivity contribution in [2.75, 3.05) is 24.5 Å². The van der Waals surface area contributed by atoms with E-state index in [1.54, 1.807) is 0 Å². The highest BCUT2D eigenvalue weighted by Crippen LogP contribution is 2.51. The minimum atomic E-state index is -0.466. The molecule has 0 amide bonds. The van der Waals surface area contributed by atoms with Gasteiger partial charge in [-0.05, 0) is 188 Å². The summed E-state index contributed by atoms with van der Waals surface area (Å²) in [7, 11) is 0. The predicted octanol–water partition coefficient (Wildman–Crippen LogP) is 16.6. The van der Waals surface area contributed by atoms with Crippen LogP contribution in [0.3, 0.4) is 0 Å². The van der Waals surface area contributed by atoms with Crippen LogP contribution in [0.4, 0.5) is 73.9 Å². The Morgan fingerprint density at radius 3 is 0.847 bits per heavy atom. The van der Waals surface area contributed by atoms with Crippen molar-refractivity contribution in [1.82, 2.24) is 0 Å². The van der Waals surface area contributed by atoms with Crippen LogP contribution in [-0.4, -0.2) is 31.2 Å². The molecule has 0 spiro atoms. The van der Waals surface area contributed by atoms with E-state index in [1.807, 2.05) is 0 Å². The third-order valence-electron chi connectivity index (χ3n) is 20.2. The molecule has 0 saturated heterocycles. The Morgan fingerprint density at radius 2 is 0.500 bits per heavy atom. The maximum atomic E-state index is 7.70. The summed E-state index contributed by atoms with van der Waals surface area (Å²) in [5.74, 6) is 6.27. The van der Waals surface area contributed by atoms with Gasteiger partial charge in [0, 0.05) is 104 Å². The Kier molecular flexibility index (Phi) is 12.9. The molecule has 0 aromatic heterocycles. The second-order valence-electron chi connectivity index (χ2n) is 28.3. The molecule has 0 unspecified atom stereocenters. The van der Waals surface area contributed by atoms with Crippen LogP contribution in [0.5, 0.6) is 46.0 Å². The van der Waals surface area contributed by atoms with Crippen LogP contribution < -0.4 is 92.6 Å². The molecule has 6 aliphatic rings. The van der Waals surface area contributed by atoms with Crippen molar-refractivity contribution < 1.29 is 18.9 Å². The summed E-state index contributed by atoms with van der Waals surface area (Å²) in [6.07, 6.45) is 0. The first kappa shape index (κ1) is 57.7. The number of hydrogen-bond acceptors (Lipinski definition) is 9. The minimum Gasteiger partial charge on any atom is -0.458 e. The molecule has 468 valence electrons. The van der Waals surface area contributed by atoms with Crippen molar-refractivity contribution in [3.63, 3.8) is 0 Å². The lowest BCUT2D eigenvalue weighted by Gasteiger charge is -2.50. The molecule has 0 saturated carbocycles. The highest BCUT2D eigenvalue weighted by molar-refractivity contribution is 7.03. The average Bonchev–Trinajstić information content (AvgIpc) is 0.687. The summed E-state index contributed by atoms with van der Waals surface area (Å²) in [5.41, 5.74) is 22.7. The molecule has 6 heterocycles. The number of rotatable bonds is 9. The molecule has 0 bridgehead atoms. The fourth-order valence-corrected chi connectivity index (χ4v) is 16.5. The third-order valence-corrected chi connectivity index (χ3v) is 20.2. The lowest BCUT2D eigenvalue weighted by atomic mass is 9.29. The van der Waals surface area contributed by atoms with Gasteiger partial charge in [-0.2, -0.15) is 0 Å². The van der Waals surface area contributed by atoms with E-state index in [1.165, 1.54) is 10.9 Å². The van der Waals surface area contributed by atoms with Crippen LogP contribution in [0.25, 0.3) is 0 Å². The molecule has 0 atom stereocenters. The van der Waals surface area contributed by atoms with E-state index in [4.69, 9.17) is 18.9 Å². The van der Waals surface area contributed by atoms with Crippen LogP contribution in [0.15, 0.2) is 291 Å². The summed E-state index contributed by atoms with van der Waals surface area (Å²) >= 11 is 0. The van der Waals surface area contributed by atoms with Crippen LogP contribution in [0.2, 0.25) is 0 Å². The van der Waals surface area contributed by atoms with Gasteiger partial charge in [0.25, 0.3) is 20.1 Å². The number of benzene rings is 13. The second kappa shape index (κ2) is 21.9. The average molecular weight is 1270 g/mol. The SMILES string of the molecule is CC(C)(C)N1c2cc3c(cc2B2c4ccccc4Oc4cc(N(c5ccccc5)c5ccccc5)cc1c42)B1c2cc4c(cc2Oc2cc(N(c5ccccc5)c5ccccc5)cc(c21)N3C(C)(C)C)Oc1cc(N(c2ccccc2)c2ccccc2)cc2c1B4c1ccccc1O2. The van der Waals surface area contributed by atoms with Gasteiger partial charge in [-0.3, -0.25) is 0 Å². The maximum Gasteiger partial charge on any atom is 0.260 e.